The van der Waals surface area contributed by atoms with Crippen LogP contribution in [0.15, 0.2) is 48.5 Å². The Bertz CT molecular complexity index is 659. The van der Waals surface area contributed by atoms with E-state index in [2.05, 4.69) is 10.9 Å². The highest BCUT2D eigenvalue weighted by atomic mass is 127. The predicted molar refractivity (Wildman–Crippen MR) is 81.7 cm³/mol. The Morgan fingerprint density at radius 1 is 1.00 bits per heavy atom. The summed E-state index contributed by atoms with van der Waals surface area (Å²) in [5, 5.41) is 0. The average molecular weight is 406 g/mol. The number of para-hydroxylation sites is 1. The Morgan fingerprint density at radius 2 is 1.62 bits per heavy atom. The second-order valence-corrected chi connectivity index (χ2v) is 5.26. The van der Waals surface area contributed by atoms with Gasteiger partial charge in [0.15, 0.2) is 0 Å². The van der Waals surface area contributed by atoms with Gasteiger partial charge in [0.1, 0.15) is 0 Å². The first-order chi connectivity index (χ1) is 9.89. The van der Waals surface area contributed by atoms with Crippen LogP contribution < -0.4 is 10.9 Å². The first-order valence-electron chi connectivity index (χ1n) is 5.86. The summed E-state index contributed by atoms with van der Waals surface area (Å²) in [7, 11) is 0. The maximum absolute atomic E-state index is 12.8. The fourth-order valence-electron chi connectivity index (χ4n) is 1.68. The number of benzene rings is 2. The summed E-state index contributed by atoms with van der Waals surface area (Å²) in [4.78, 5) is 11.9. The Morgan fingerprint density at radius 3 is 2.29 bits per heavy atom. The molecule has 0 aliphatic heterocycles. The Kier molecular flexibility index (Phi) is 4.71. The van der Waals surface area contributed by atoms with Crippen LogP contribution in [-0.4, -0.2) is 5.91 Å². The lowest BCUT2D eigenvalue weighted by molar-refractivity contribution is -0.137. The molecule has 2 aromatic rings. The van der Waals surface area contributed by atoms with Crippen molar-refractivity contribution in [2.75, 3.05) is 5.43 Å². The van der Waals surface area contributed by atoms with Gasteiger partial charge >= 0.3 is 6.18 Å². The molecule has 0 saturated heterocycles. The van der Waals surface area contributed by atoms with E-state index in [1.54, 1.807) is 24.3 Å². The molecule has 0 radical (unpaired) electrons. The molecule has 0 aromatic heterocycles. The molecule has 0 heterocycles. The van der Waals surface area contributed by atoms with Crippen molar-refractivity contribution in [1.29, 1.82) is 0 Å². The number of carbonyl (C=O) groups is 1. The molecule has 1 amide bonds. The molecule has 2 aromatic carbocycles. The molecule has 2 rings (SSSR count). The Labute approximate surface area is 132 Å². The fourth-order valence-corrected chi connectivity index (χ4v) is 2.31. The topological polar surface area (TPSA) is 41.1 Å². The lowest BCUT2D eigenvalue weighted by atomic mass is 10.2. The summed E-state index contributed by atoms with van der Waals surface area (Å²) >= 11 is 1.98. The van der Waals surface area contributed by atoms with Gasteiger partial charge in [-0.2, -0.15) is 13.2 Å². The number of rotatable bonds is 3. The van der Waals surface area contributed by atoms with Crippen molar-refractivity contribution in [3.63, 3.8) is 0 Å². The summed E-state index contributed by atoms with van der Waals surface area (Å²) in [6.07, 6.45) is -4.49. The second-order valence-electron chi connectivity index (χ2n) is 4.10. The standard InChI is InChI=1S/C14H10F3IN2O/c15-14(16,17)10-6-2-4-8-12(10)19-20-13(21)9-5-1-3-7-11(9)18/h1-8,19H,(H,20,21). The lowest BCUT2D eigenvalue weighted by Gasteiger charge is -2.15. The molecular formula is C14H10F3IN2O. The molecule has 0 aliphatic rings. The summed E-state index contributed by atoms with van der Waals surface area (Å²) in [6, 6.07) is 11.7. The van der Waals surface area contributed by atoms with Gasteiger partial charge < -0.3 is 0 Å². The number of halogens is 4. The van der Waals surface area contributed by atoms with Crippen molar-refractivity contribution in [3.8, 4) is 0 Å². The van der Waals surface area contributed by atoms with Crippen LogP contribution in [0.25, 0.3) is 0 Å². The average Bonchev–Trinajstić information content (AvgIpc) is 2.44. The van der Waals surface area contributed by atoms with Crippen LogP contribution in [0.2, 0.25) is 0 Å². The maximum atomic E-state index is 12.8. The molecule has 0 saturated carbocycles. The van der Waals surface area contributed by atoms with Gasteiger partial charge in [0.25, 0.3) is 5.91 Å². The molecule has 0 aliphatic carbocycles. The van der Waals surface area contributed by atoms with Crippen molar-refractivity contribution in [3.05, 3.63) is 63.2 Å². The van der Waals surface area contributed by atoms with E-state index >= 15 is 0 Å². The maximum Gasteiger partial charge on any atom is 0.418 e. The highest BCUT2D eigenvalue weighted by Crippen LogP contribution is 2.34. The van der Waals surface area contributed by atoms with Crippen LogP contribution in [0.3, 0.4) is 0 Å². The summed E-state index contributed by atoms with van der Waals surface area (Å²) in [5.41, 5.74) is 3.94. The van der Waals surface area contributed by atoms with Gasteiger partial charge in [-0.3, -0.25) is 15.6 Å². The third kappa shape index (κ3) is 3.87. The quantitative estimate of drug-likeness (QED) is 0.596. The van der Waals surface area contributed by atoms with E-state index in [9.17, 15) is 18.0 Å². The summed E-state index contributed by atoms with van der Waals surface area (Å²) in [6.45, 7) is 0. The molecule has 7 heteroatoms. The molecule has 3 nitrogen and oxygen atoms in total. The highest BCUT2D eigenvalue weighted by molar-refractivity contribution is 14.1. The van der Waals surface area contributed by atoms with Gasteiger partial charge in [-0.15, -0.1) is 0 Å². The normalized spacial score (nSPS) is 11.0. The van der Waals surface area contributed by atoms with Crippen molar-refractivity contribution < 1.29 is 18.0 Å². The van der Waals surface area contributed by atoms with Gasteiger partial charge in [0.2, 0.25) is 0 Å². The zero-order chi connectivity index (χ0) is 15.5. The number of hydrogen-bond donors (Lipinski definition) is 2. The number of hydrazine groups is 1. The molecular weight excluding hydrogens is 396 g/mol. The molecule has 110 valence electrons. The first kappa shape index (κ1) is 15.6. The summed E-state index contributed by atoms with van der Waals surface area (Å²) < 4.78 is 39.1. The van der Waals surface area contributed by atoms with E-state index in [4.69, 9.17) is 0 Å². The minimum absolute atomic E-state index is 0.204. The van der Waals surface area contributed by atoms with Crippen LogP contribution >= 0.6 is 22.6 Å². The molecule has 0 unspecified atom stereocenters. The fraction of sp³-hybridized carbons (Fsp3) is 0.0714. The minimum Gasteiger partial charge on any atom is -0.298 e. The van der Waals surface area contributed by atoms with E-state index in [0.29, 0.717) is 9.13 Å². The minimum atomic E-state index is -4.49. The van der Waals surface area contributed by atoms with E-state index in [1.807, 2.05) is 22.6 Å². The molecule has 0 atom stereocenters. The Hall–Kier alpha value is -1.77. The first-order valence-corrected chi connectivity index (χ1v) is 6.94. The van der Waals surface area contributed by atoms with E-state index in [-0.39, 0.29) is 5.69 Å². The number of hydrogen-bond acceptors (Lipinski definition) is 2. The molecule has 0 spiro atoms. The largest absolute Gasteiger partial charge is 0.418 e. The number of alkyl halides is 3. The van der Waals surface area contributed by atoms with Crippen LogP contribution in [0.1, 0.15) is 15.9 Å². The molecule has 21 heavy (non-hydrogen) atoms. The third-order valence-electron chi connectivity index (χ3n) is 2.66. The third-order valence-corrected chi connectivity index (χ3v) is 3.60. The number of nitrogens with one attached hydrogen (secondary N) is 2. The monoisotopic (exact) mass is 406 g/mol. The molecule has 0 bridgehead atoms. The van der Waals surface area contributed by atoms with Crippen molar-refractivity contribution in [2.24, 2.45) is 0 Å². The van der Waals surface area contributed by atoms with Gasteiger partial charge in [-0.25, -0.2) is 0 Å². The van der Waals surface area contributed by atoms with E-state index in [1.165, 1.54) is 18.2 Å². The number of amides is 1. The van der Waals surface area contributed by atoms with Crippen molar-refractivity contribution in [2.45, 2.75) is 6.18 Å². The number of carbonyl (C=O) groups excluding carboxylic acids is 1. The zero-order valence-corrected chi connectivity index (χ0v) is 12.7. The molecule has 2 N–H and O–H groups in total. The van der Waals surface area contributed by atoms with Crippen molar-refractivity contribution in [1.82, 2.24) is 5.43 Å². The Balaban J connectivity index is 2.14. The van der Waals surface area contributed by atoms with Crippen LogP contribution in [0.5, 0.6) is 0 Å². The zero-order valence-electron chi connectivity index (χ0n) is 10.5. The van der Waals surface area contributed by atoms with Crippen LogP contribution in [0.4, 0.5) is 18.9 Å². The van der Waals surface area contributed by atoms with Gasteiger partial charge in [-0.05, 0) is 46.9 Å². The smallest absolute Gasteiger partial charge is 0.298 e. The SMILES string of the molecule is O=C(NNc1ccccc1C(F)(F)F)c1ccccc1I. The molecule has 0 fully saturated rings. The van der Waals surface area contributed by atoms with E-state index < -0.39 is 17.6 Å². The van der Waals surface area contributed by atoms with Crippen molar-refractivity contribution >= 4 is 34.2 Å². The second kappa shape index (κ2) is 6.33. The van der Waals surface area contributed by atoms with Gasteiger partial charge in [0.05, 0.1) is 16.8 Å². The van der Waals surface area contributed by atoms with Crippen LogP contribution in [-0.2, 0) is 6.18 Å². The van der Waals surface area contributed by atoms with Crippen LogP contribution in [0, 0.1) is 3.57 Å². The predicted octanol–water partition coefficient (Wildman–Crippen LogP) is 4.07. The van der Waals surface area contributed by atoms with E-state index in [0.717, 1.165) is 6.07 Å². The number of anilines is 1. The summed E-state index contributed by atoms with van der Waals surface area (Å²) in [5.74, 6) is -0.503. The lowest BCUT2D eigenvalue weighted by Crippen LogP contribution is -2.31. The van der Waals surface area contributed by atoms with Gasteiger partial charge in [0, 0.05) is 3.57 Å². The van der Waals surface area contributed by atoms with Gasteiger partial charge in [-0.1, -0.05) is 24.3 Å². The highest BCUT2D eigenvalue weighted by Gasteiger charge is 2.33.